The quantitative estimate of drug-likeness (QED) is 0.248. The summed E-state index contributed by atoms with van der Waals surface area (Å²) < 4.78 is 6.45. The first-order chi connectivity index (χ1) is 11.2. The minimum atomic E-state index is -2.00. The maximum absolute atomic E-state index is 9.28. The first-order valence-electron chi connectivity index (χ1n) is 10.5. The van der Waals surface area contributed by atoms with E-state index in [9.17, 15) is 5.11 Å². The molecule has 1 aliphatic carbocycles. The van der Waals surface area contributed by atoms with Gasteiger partial charge < -0.3 is 0 Å². The average molecular weight is 429 g/mol. The molecular weight excluding hydrogens is 387 g/mol. The Morgan fingerprint density at radius 3 is 2.04 bits per heavy atom. The second-order valence-electron chi connectivity index (χ2n) is 8.01. The van der Waals surface area contributed by atoms with Crippen molar-refractivity contribution in [2.24, 2.45) is 5.92 Å². The summed E-state index contributed by atoms with van der Waals surface area (Å²) in [6.45, 7) is 7.49. The van der Waals surface area contributed by atoms with Gasteiger partial charge in [0.1, 0.15) is 0 Å². The van der Waals surface area contributed by atoms with Crippen molar-refractivity contribution in [3.63, 3.8) is 0 Å². The molecule has 0 saturated heterocycles. The molecule has 1 atom stereocenters. The fourth-order valence-corrected chi connectivity index (χ4v) is 21.1. The second kappa shape index (κ2) is 12.8. The van der Waals surface area contributed by atoms with Crippen LogP contribution in [0.1, 0.15) is 85.0 Å². The molecule has 0 amide bonds. The van der Waals surface area contributed by atoms with Crippen LogP contribution in [-0.4, -0.2) is 30.1 Å². The van der Waals surface area contributed by atoms with Crippen LogP contribution in [-0.2, 0) is 0 Å². The third-order valence-electron chi connectivity index (χ3n) is 5.88. The summed E-state index contributed by atoms with van der Waals surface area (Å²) in [5.41, 5.74) is 1.81. The fourth-order valence-electron chi connectivity index (χ4n) is 4.43. The van der Waals surface area contributed by atoms with Gasteiger partial charge in [0, 0.05) is 0 Å². The number of aliphatic hydroxyl groups excluding tert-OH is 1. The van der Waals surface area contributed by atoms with E-state index in [-0.39, 0.29) is 0 Å². The third kappa shape index (κ3) is 8.42. The minimum absolute atomic E-state index is 0.383. The molecule has 0 saturated carbocycles. The maximum atomic E-state index is 9.28. The van der Waals surface area contributed by atoms with Gasteiger partial charge in [0.15, 0.2) is 0 Å². The average Bonchev–Trinajstić information content (AvgIpc) is 2.57. The summed E-state index contributed by atoms with van der Waals surface area (Å²) in [6.07, 6.45) is 16.1. The zero-order valence-corrected chi connectivity index (χ0v) is 19.1. The molecule has 0 radical (unpaired) electrons. The van der Waals surface area contributed by atoms with Crippen molar-refractivity contribution >= 4 is 18.4 Å². The molecule has 1 nitrogen and oxygen atoms in total. The van der Waals surface area contributed by atoms with Gasteiger partial charge in [-0.1, -0.05) is 0 Å². The molecule has 1 aliphatic rings. The number of aliphatic hydroxyl groups is 1. The van der Waals surface area contributed by atoms with E-state index in [2.05, 4.69) is 26.8 Å². The molecule has 0 heterocycles. The van der Waals surface area contributed by atoms with Crippen LogP contribution in [0.3, 0.4) is 0 Å². The summed E-state index contributed by atoms with van der Waals surface area (Å²) in [5, 5.41) is 9.28. The Hall–Kier alpha value is 0.499. The van der Waals surface area contributed by atoms with Gasteiger partial charge in [-0.15, -0.1) is 0 Å². The first kappa shape index (κ1) is 21.5. The number of allylic oxidation sites excluding steroid dienone is 2. The van der Waals surface area contributed by atoms with Gasteiger partial charge in [0.2, 0.25) is 0 Å². The summed E-state index contributed by atoms with van der Waals surface area (Å²) in [6, 6.07) is 0. The van der Waals surface area contributed by atoms with E-state index in [0.717, 1.165) is 12.3 Å². The second-order valence-corrected chi connectivity index (χ2v) is 21.9. The third-order valence-corrected chi connectivity index (χ3v) is 21.4. The van der Waals surface area contributed by atoms with Crippen molar-refractivity contribution in [2.75, 3.05) is 6.61 Å². The number of unbranched alkanes of at least 4 members (excludes halogenated alkanes) is 3. The Bertz CT molecular complexity index is 302. The zero-order valence-electron chi connectivity index (χ0n) is 16.2. The van der Waals surface area contributed by atoms with Crippen LogP contribution in [0.4, 0.5) is 0 Å². The van der Waals surface area contributed by atoms with Crippen molar-refractivity contribution in [1.82, 2.24) is 0 Å². The standard InChI is InChI=1S/C9H15O.3C4H9.Sn/c1-8-3-2-4-9(7-8)5-6-10;3*1-3-4-2;/h3,9-10H,1-2,4-7H2;3*1,3-4H2,2H3;. The van der Waals surface area contributed by atoms with Crippen molar-refractivity contribution in [3.05, 3.63) is 11.6 Å². The van der Waals surface area contributed by atoms with Crippen molar-refractivity contribution in [2.45, 2.75) is 103 Å². The summed E-state index contributed by atoms with van der Waals surface area (Å²) >= 11 is -2.00. The van der Waals surface area contributed by atoms with Crippen LogP contribution in [0.25, 0.3) is 0 Å². The Labute approximate surface area is 150 Å². The molecule has 0 aliphatic heterocycles. The number of hydrogen-bond acceptors (Lipinski definition) is 1. The van der Waals surface area contributed by atoms with E-state index in [0.29, 0.717) is 6.61 Å². The summed E-state index contributed by atoms with van der Waals surface area (Å²) in [4.78, 5) is 0. The molecule has 1 unspecified atom stereocenters. The predicted octanol–water partition coefficient (Wildman–Crippen LogP) is 6.94. The van der Waals surface area contributed by atoms with Crippen molar-refractivity contribution in [3.8, 4) is 0 Å². The van der Waals surface area contributed by atoms with Crippen LogP contribution in [0.15, 0.2) is 11.6 Å². The zero-order chi connectivity index (χ0) is 17.0. The molecule has 0 spiro atoms. The Morgan fingerprint density at radius 1 is 1.00 bits per heavy atom. The summed E-state index contributed by atoms with van der Waals surface area (Å²) in [5.74, 6) is 0.771. The molecule has 0 aromatic carbocycles. The van der Waals surface area contributed by atoms with Crippen LogP contribution in [0.2, 0.25) is 17.7 Å². The fraction of sp³-hybridized carbons (Fsp3) is 0.905. The van der Waals surface area contributed by atoms with E-state index in [1.165, 1.54) is 57.8 Å². The molecule has 2 heteroatoms. The van der Waals surface area contributed by atoms with Gasteiger partial charge in [-0.05, 0) is 0 Å². The topological polar surface area (TPSA) is 20.2 Å². The molecule has 1 rings (SSSR count). The van der Waals surface area contributed by atoms with Crippen molar-refractivity contribution in [1.29, 1.82) is 0 Å². The van der Waals surface area contributed by atoms with Gasteiger partial charge in [0.05, 0.1) is 0 Å². The Balaban J connectivity index is 2.76. The van der Waals surface area contributed by atoms with Crippen LogP contribution in [0, 0.1) is 5.92 Å². The SMILES string of the molecule is CCC[CH2][Sn]([CH2]CCC)([CH2]CCC)[CH2]C1=CCCC(CCO)C1. The molecule has 0 aromatic heterocycles. The Kier molecular flexibility index (Phi) is 12.0. The monoisotopic (exact) mass is 430 g/mol. The van der Waals surface area contributed by atoms with Crippen molar-refractivity contribution < 1.29 is 5.11 Å². The summed E-state index contributed by atoms with van der Waals surface area (Å²) in [7, 11) is 0. The molecule has 0 aromatic rings. The van der Waals surface area contributed by atoms with E-state index < -0.39 is 18.4 Å². The van der Waals surface area contributed by atoms with E-state index in [1.54, 1.807) is 17.7 Å². The molecular formula is C21H42OSn. The van der Waals surface area contributed by atoms with E-state index in [1.807, 2.05) is 5.57 Å². The predicted molar refractivity (Wildman–Crippen MR) is 107 cm³/mol. The molecule has 0 bridgehead atoms. The van der Waals surface area contributed by atoms with Gasteiger partial charge in [0.25, 0.3) is 0 Å². The van der Waals surface area contributed by atoms with Crippen LogP contribution >= 0.6 is 0 Å². The number of rotatable bonds is 13. The first-order valence-corrected chi connectivity index (χ1v) is 18.6. The Morgan fingerprint density at radius 2 is 1.57 bits per heavy atom. The van der Waals surface area contributed by atoms with Gasteiger partial charge in [-0.3, -0.25) is 0 Å². The normalized spacial score (nSPS) is 19.0. The van der Waals surface area contributed by atoms with Crippen LogP contribution < -0.4 is 0 Å². The molecule has 1 N–H and O–H groups in total. The van der Waals surface area contributed by atoms with Gasteiger partial charge in [-0.2, -0.15) is 0 Å². The molecule has 0 fully saturated rings. The van der Waals surface area contributed by atoms with Gasteiger partial charge in [-0.25, -0.2) is 0 Å². The van der Waals surface area contributed by atoms with E-state index >= 15 is 0 Å². The molecule has 23 heavy (non-hydrogen) atoms. The van der Waals surface area contributed by atoms with Gasteiger partial charge >= 0.3 is 150 Å². The number of hydrogen-bond donors (Lipinski definition) is 1. The van der Waals surface area contributed by atoms with E-state index in [4.69, 9.17) is 0 Å². The molecule has 136 valence electrons. The van der Waals surface area contributed by atoms with Crippen LogP contribution in [0.5, 0.6) is 0 Å².